The van der Waals surface area contributed by atoms with Crippen molar-refractivity contribution < 1.29 is 19.0 Å². The number of nitrogens with one attached hydrogen (secondary N) is 1. The van der Waals surface area contributed by atoms with Crippen molar-refractivity contribution in [3.05, 3.63) is 24.0 Å². The van der Waals surface area contributed by atoms with Crippen LogP contribution in [0.2, 0.25) is 0 Å². The predicted octanol–water partition coefficient (Wildman–Crippen LogP) is 2.46. The standard InChI is InChI=1S/C14H21FN2O3/c1-4-17(7-8-18)14(19)16-12-9-11(15)5-6-13(12)20-10(2)3/h5-6,9-10,18H,4,7-8H2,1-3H3,(H,16,19). The van der Waals surface area contributed by atoms with Crippen molar-refractivity contribution in [2.75, 3.05) is 25.0 Å². The second-order valence-electron chi connectivity index (χ2n) is 4.54. The number of nitrogens with zero attached hydrogens (tertiary/aromatic N) is 1. The zero-order valence-electron chi connectivity index (χ0n) is 12.0. The Balaban J connectivity index is 2.89. The highest BCUT2D eigenvalue weighted by Gasteiger charge is 2.15. The van der Waals surface area contributed by atoms with Gasteiger partial charge in [-0.3, -0.25) is 0 Å². The van der Waals surface area contributed by atoms with Crippen LogP contribution in [0, 0.1) is 5.82 Å². The first kappa shape index (κ1) is 16.2. The lowest BCUT2D eigenvalue weighted by Crippen LogP contribution is -2.37. The average molecular weight is 284 g/mol. The second kappa shape index (κ2) is 7.69. The summed E-state index contributed by atoms with van der Waals surface area (Å²) < 4.78 is 18.8. The topological polar surface area (TPSA) is 61.8 Å². The molecule has 0 heterocycles. The molecule has 1 aromatic rings. The van der Waals surface area contributed by atoms with Crippen molar-refractivity contribution in [2.24, 2.45) is 0 Å². The Morgan fingerprint density at radius 3 is 2.75 bits per heavy atom. The lowest BCUT2D eigenvalue weighted by atomic mass is 10.2. The largest absolute Gasteiger partial charge is 0.489 e. The summed E-state index contributed by atoms with van der Waals surface area (Å²) in [5, 5.41) is 11.5. The third-order valence-corrected chi connectivity index (χ3v) is 2.58. The average Bonchev–Trinajstić information content (AvgIpc) is 2.38. The van der Waals surface area contributed by atoms with Crippen LogP contribution in [0.1, 0.15) is 20.8 Å². The summed E-state index contributed by atoms with van der Waals surface area (Å²) >= 11 is 0. The molecule has 5 nitrogen and oxygen atoms in total. The van der Waals surface area contributed by atoms with Crippen LogP contribution in [0.15, 0.2) is 18.2 Å². The highest BCUT2D eigenvalue weighted by molar-refractivity contribution is 5.91. The van der Waals surface area contributed by atoms with Crippen molar-refractivity contribution in [2.45, 2.75) is 26.9 Å². The molecule has 2 N–H and O–H groups in total. The number of hydrogen-bond donors (Lipinski definition) is 2. The summed E-state index contributed by atoms with van der Waals surface area (Å²) in [7, 11) is 0. The maximum atomic E-state index is 13.3. The molecule has 0 aromatic heterocycles. The fraction of sp³-hybridized carbons (Fsp3) is 0.500. The number of carbonyl (C=O) groups excluding carboxylic acids is 1. The van der Waals surface area contributed by atoms with Gasteiger partial charge < -0.3 is 20.1 Å². The zero-order valence-corrected chi connectivity index (χ0v) is 12.0. The van der Waals surface area contributed by atoms with E-state index < -0.39 is 11.8 Å². The van der Waals surface area contributed by atoms with Gasteiger partial charge in [0.05, 0.1) is 18.4 Å². The fourth-order valence-corrected chi connectivity index (χ4v) is 1.67. The number of ether oxygens (including phenoxy) is 1. The van der Waals surface area contributed by atoms with Gasteiger partial charge in [0.25, 0.3) is 0 Å². The number of aliphatic hydroxyl groups excluding tert-OH is 1. The third kappa shape index (κ3) is 4.70. The number of amides is 2. The molecule has 0 atom stereocenters. The molecule has 2 amide bonds. The summed E-state index contributed by atoms with van der Waals surface area (Å²) in [6.07, 6.45) is -0.0872. The van der Waals surface area contributed by atoms with Crippen LogP contribution >= 0.6 is 0 Å². The van der Waals surface area contributed by atoms with Gasteiger partial charge >= 0.3 is 6.03 Å². The van der Waals surface area contributed by atoms with E-state index >= 15 is 0 Å². The number of urea groups is 1. The highest BCUT2D eigenvalue weighted by atomic mass is 19.1. The van der Waals surface area contributed by atoms with E-state index in [0.29, 0.717) is 12.3 Å². The van der Waals surface area contributed by atoms with Crippen LogP contribution in [0.4, 0.5) is 14.9 Å². The van der Waals surface area contributed by atoms with Gasteiger partial charge in [-0.25, -0.2) is 9.18 Å². The Bertz CT molecular complexity index is 452. The van der Waals surface area contributed by atoms with Crippen LogP contribution < -0.4 is 10.1 Å². The molecule has 0 aliphatic rings. The van der Waals surface area contributed by atoms with Gasteiger partial charge in [0.15, 0.2) is 0 Å². The summed E-state index contributed by atoms with van der Waals surface area (Å²) in [5.74, 6) is -0.0450. The second-order valence-corrected chi connectivity index (χ2v) is 4.54. The van der Waals surface area contributed by atoms with Gasteiger partial charge in [-0.2, -0.15) is 0 Å². The Morgan fingerprint density at radius 1 is 1.50 bits per heavy atom. The molecule has 6 heteroatoms. The summed E-state index contributed by atoms with van der Waals surface area (Å²) in [6.45, 7) is 6.03. The predicted molar refractivity (Wildman–Crippen MR) is 75.5 cm³/mol. The number of hydrogen-bond acceptors (Lipinski definition) is 3. The van der Waals surface area contributed by atoms with Gasteiger partial charge in [-0.1, -0.05) is 0 Å². The smallest absolute Gasteiger partial charge is 0.322 e. The number of halogens is 1. The van der Waals surface area contributed by atoms with Crippen LogP contribution in [-0.2, 0) is 0 Å². The van der Waals surface area contributed by atoms with E-state index in [9.17, 15) is 9.18 Å². The molecule has 0 bridgehead atoms. The number of likely N-dealkylation sites (N-methyl/N-ethyl adjacent to an activating group) is 1. The Hall–Kier alpha value is -1.82. The van der Waals surface area contributed by atoms with E-state index in [0.717, 1.165) is 0 Å². The van der Waals surface area contributed by atoms with E-state index in [1.807, 2.05) is 13.8 Å². The Kier molecular flexibility index (Phi) is 6.24. The minimum absolute atomic E-state index is 0.0872. The van der Waals surface area contributed by atoms with Gasteiger partial charge in [-0.05, 0) is 32.9 Å². The first-order valence-electron chi connectivity index (χ1n) is 6.61. The van der Waals surface area contributed by atoms with E-state index in [4.69, 9.17) is 9.84 Å². The maximum absolute atomic E-state index is 13.3. The van der Waals surface area contributed by atoms with Crippen LogP contribution in [0.3, 0.4) is 0 Å². The molecule has 0 aliphatic carbocycles. The molecular weight excluding hydrogens is 263 g/mol. The van der Waals surface area contributed by atoms with Gasteiger partial charge in [0.2, 0.25) is 0 Å². The minimum atomic E-state index is -0.457. The number of benzene rings is 1. The first-order chi connectivity index (χ1) is 9.47. The first-order valence-corrected chi connectivity index (χ1v) is 6.61. The number of anilines is 1. The van der Waals surface area contributed by atoms with E-state index in [2.05, 4.69) is 5.32 Å². The lowest BCUT2D eigenvalue weighted by molar-refractivity contribution is 0.191. The summed E-state index contributed by atoms with van der Waals surface area (Å²) in [6, 6.07) is 3.56. The molecule has 20 heavy (non-hydrogen) atoms. The summed E-state index contributed by atoms with van der Waals surface area (Å²) in [4.78, 5) is 13.4. The normalized spacial score (nSPS) is 10.5. The van der Waals surface area contributed by atoms with Crippen LogP contribution in [0.25, 0.3) is 0 Å². The van der Waals surface area contributed by atoms with Crippen LogP contribution in [-0.4, -0.2) is 41.8 Å². The van der Waals surface area contributed by atoms with Crippen molar-refractivity contribution in [1.29, 1.82) is 0 Å². The molecule has 0 saturated heterocycles. The van der Waals surface area contributed by atoms with E-state index in [1.165, 1.54) is 23.1 Å². The summed E-state index contributed by atoms with van der Waals surface area (Å²) in [5.41, 5.74) is 0.278. The molecule has 0 spiro atoms. The molecule has 0 aliphatic heterocycles. The Morgan fingerprint density at radius 2 is 2.20 bits per heavy atom. The number of aliphatic hydroxyl groups is 1. The number of carbonyl (C=O) groups is 1. The molecule has 0 saturated carbocycles. The van der Waals surface area contributed by atoms with Gasteiger partial charge in [0, 0.05) is 19.2 Å². The van der Waals surface area contributed by atoms with Crippen LogP contribution in [0.5, 0.6) is 5.75 Å². The molecular formula is C14H21FN2O3. The molecule has 1 rings (SSSR count). The van der Waals surface area contributed by atoms with Crippen molar-refractivity contribution in [3.8, 4) is 5.75 Å². The quantitative estimate of drug-likeness (QED) is 0.843. The number of rotatable bonds is 6. The molecule has 1 aromatic carbocycles. The minimum Gasteiger partial charge on any atom is -0.489 e. The van der Waals surface area contributed by atoms with Crippen molar-refractivity contribution in [3.63, 3.8) is 0 Å². The van der Waals surface area contributed by atoms with Crippen molar-refractivity contribution >= 4 is 11.7 Å². The lowest BCUT2D eigenvalue weighted by Gasteiger charge is -2.21. The fourth-order valence-electron chi connectivity index (χ4n) is 1.67. The molecule has 0 unspecified atom stereocenters. The van der Waals surface area contributed by atoms with Gasteiger partial charge in [0.1, 0.15) is 11.6 Å². The van der Waals surface area contributed by atoms with E-state index in [-0.39, 0.29) is 24.9 Å². The molecule has 0 radical (unpaired) electrons. The Labute approximate surface area is 118 Å². The zero-order chi connectivity index (χ0) is 15.1. The maximum Gasteiger partial charge on any atom is 0.322 e. The SMILES string of the molecule is CCN(CCO)C(=O)Nc1cc(F)ccc1OC(C)C. The highest BCUT2D eigenvalue weighted by Crippen LogP contribution is 2.26. The molecule has 0 fully saturated rings. The van der Waals surface area contributed by atoms with E-state index in [1.54, 1.807) is 6.92 Å². The third-order valence-electron chi connectivity index (χ3n) is 2.58. The van der Waals surface area contributed by atoms with Gasteiger partial charge in [-0.15, -0.1) is 0 Å². The molecule has 112 valence electrons. The monoisotopic (exact) mass is 284 g/mol. The van der Waals surface area contributed by atoms with Crippen molar-refractivity contribution in [1.82, 2.24) is 4.90 Å².